The molecule has 1 aliphatic carbocycles. The van der Waals surface area contributed by atoms with Crippen LogP contribution < -0.4 is 9.62 Å². The molecule has 45 heavy (non-hydrogen) atoms. The molecule has 1 N–H and O–H groups in total. The summed E-state index contributed by atoms with van der Waals surface area (Å²) in [6, 6.07) is 13.2. The highest BCUT2D eigenvalue weighted by Crippen LogP contribution is 2.34. The lowest BCUT2D eigenvalue weighted by atomic mass is 10.1. The summed E-state index contributed by atoms with van der Waals surface area (Å²) in [4.78, 5) is 28.8. The van der Waals surface area contributed by atoms with Gasteiger partial charge in [0.2, 0.25) is 11.8 Å². The molecule has 4 rings (SSSR count). The molecule has 0 aliphatic heterocycles. The van der Waals surface area contributed by atoms with Crippen LogP contribution in [-0.2, 0) is 32.3 Å². The molecule has 1 aliphatic rings. The van der Waals surface area contributed by atoms with Crippen molar-refractivity contribution >= 4 is 50.7 Å². The van der Waals surface area contributed by atoms with Gasteiger partial charge in [-0.05, 0) is 74.2 Å². The van der Waals surface area contributed by atoms with Crippen LogP contribution in [0.1, 0.15) is 55.7 Å². The zero-order valence-corrected chi connectivity index (χ0v) is 27.1. The topological polar surface area (TPSA) is 86.8 Å². The summed E-state index contributed by atoms with van der Waals surface area (Å²) in [5.41, 5.74) is -0.136. The number of nitrogens with zero attached hydrogens (tertiary/aromatic N) is 2. The summed E-state index contributed by atoms with van der Waals surface area (Å²) in [6.07, 6.45) is -1.01. The lowest BCUT2D eigenvalue weighted by Gasteiger charge is -2.34. The minimum absolute atomic E-state index is 0.0444. The minimum atomic E-state index is -4.76. The molecule has 1 saturated carbocycles. The molecule has 1 fully saturated rings. The highest BCUT2D eigenvalue weighted by Gasteiger charge is 2.36. The Bertz CT molecular complexity index is 1630. The fourth-order valence-corrected chi connectivity index (χ4v) is 7.05. The van der Waals surface area contributed by atoms with Crippen molar-refractivity contribution in [3.05, 3.63) is 93.5 Å². The standard InChI is InChI=1S/C32H34Cl2F3N3O4S/c1-3-29(31(42)38-24-8-4-5-9-24)39(19-22-13-16-27(33)28(34)17-22)30(41)20-40(25-10-6-7-23(18-25)32(35,36)37)45(43,44)26-14-11-21(2)12-15-26/h6-7,10-18,24,29H,3-5,8-9,19-20H2,1-2H3,(H,38,42). The van der Waals surface area contributed by atoms with Crippen LogP contribution in [0, 0.1) is 6.92 Å². The van der Waals surface area contributed by atoms with E-state index in [1.54, 1.807) is 38.1 Å². The van der Waals surface area contributed by atoms with Gasteiger partial charge < -0.3 is 10.2 Å². The molecule has 3 aromatic rings. The highest BCUT2D eigenvalue weighted by atomic mass is 35.5. The molecule has 0 saturated heterocycles. The first-order valence-corrected chi connectivity index (χ1v) is 16.7. The van der Waals surface area contributed by atoms with Crippen molar-refractivity contribution in [2.24, 2.45) is 0 Å². The van der Waals surface area contributed by atoms with Gasteiger partial charge in [0.1, 0.15) is 12.6 Å². The molecular weight excluding hydrogens is 650 g/mol. The monoisotopic (exact) mass is 683 g/mol. The molecule has 0 radical (unpaired) electrons. The predicted molar refractivity (Wildman–Crippen MR) is 169 cm³/mol. The second kappa shape index (κ2) is 14.4. The van der Waals surface area contributed by atoms with Gasteiger partial charge in [0.15, 0.2) is 0 Å². The van der Waals surface area contributed by atoms with Gasteiger partial charge in [0, 0.05) is 12.6 Å². The molecule has 13 heteroatoms. The summed E-state index contributed by atoms with van der Waals surface area (Å²) >= 11 is 12.3. The van der Waals surface area contributed by atoms with E-state index in [1.165, 1.54) is 29.2 Å². The number of nitrogens with one attached hydrogen (secondary N) is 1. The van der Waals surface area contributed by atoms with Crippen molar-refractivity contribution in [1.82, 2.24) is 10.2 Å². The molecule has 3 aromatic carbocycles. The molecule has 7 nitrogen and oxygen atoms in total. The molecule has 0 spiro atoms. The van der Waals surface area contributed by atoms with Gasteiger partial charge in [0.05, 0.1) is 26.2 Å². The number of anilines is 1. The van der Waals surface area contributed by atoms with Gasteiger partial charge in [-0.25, -0.2) is 8.42 Å². The number of halogens is 5. The fraction of sp³-hybridized carbons (Fsp3) is 0.375. The molecule has 242 valence electrons. The maximum Gasteiger partial charge on any atom is 0.416 e. The minimum Gasteiger partial charge on any atom is -0.352 e. The number of benzene rings is 3. The zero-order chi connectivity index (χ0) is 32.9. The van der Waals surface area contributed by atoms with Crippen LogP contribution in [0.25, 0.3) is 0 Å². The van der Waals surface area contributed by atoms with E-state index in [-0.39, 0.29) is 39.6 Å². The number of sulfonamides is 1. The van der Waals surface area contributed by atoms with Crippen LogP contribution in [0.4, 0.5) is 18.9 Å². The molecule has 0 heterocycles. The Morgan fingerprint density at radius 2 is 1.64 bits per heavy atom. The fourth-order valence-electron chi connectivity index (χ4n) is 5.33. The van der Waals surface area contributed by atoms with Crippen molar-refractivity contribution in [3.63, 3.8) is 0 Å². The quantitative estimate of drug-likeness (QED) is 0.229. The van der Waals surface area contributed by atoms with Crippen LogP contribution >= 0.6 is 23.2 Å². The first-order valence-electron chi connectivity index (χ1n) is 14.5. The highest BCUT2D eigenvalue weighted by molar-refractivity contribution is 7.92. The van der Waals surface area contributed by atoms with Crippen LogP contribution in [0.15, 0.2) is 71.6 Å². The summed E-state index contributed by atoms with van der Waals surface area (Å²) in [7, 11) is -4.54. The molecule has 0 aromatic heterocycles. The summed E-state index contributed by atoms with van der Waals surface area (Å²) < 4.78 is 69.7. The second-order valence-corrected chi connectivity index (χ2v) is 13.7. The van der Waals surface area contributed by atoms with Crippen molar-refractivity contribution in [3.8, 4) is 0 Å². The van der Waals surface area contributed by atoms with E-state index in [1.807, 2.05) is 0 Å². The van der Waals surface area contributed by atoms with E-state index in [0.29, 0.717) is 15.9 Å². The van der Waals surface area contributed by atoms with Crippen molar-refractivity contribution in [1.29, 1.82) is 0 Å². The lowest BCUT2D eigenvalue weighted by molar-refractivity contribution is -0.140. The number of amides is 2. The maximum absolute atomic E-state index is 14.2. The molecule has 2 amide bonds. The van der Waals surface area contributed by atoms with E-state index >= 15 is 0 Å². The Labute approximate surface area is 271 Å². The van der Waals surface area contributed by atoms with Gasteiger partial charge in [-0.1, -0.05) is 72.8 Å². The Hall–Kier alpha value is -3.28. The predicted octanol–water partition coefficient (Wildman–Crippen LogP) is 7.38. The molecule has 0 bridgehead atoms. The maximum atomic E-state index is 14.2. The number of rotatable bonds is 11. The first-order chi connectivity index (χ1) is 21.2. The number of aryl methyl sites for hydroxylation is 1. The lowest BCUT2D eigenvalue weighted by Crippen LogP contribution is -2.53. The smallest absolute Gasteiger partial charge is 0.352 e. The Morgan fingerprint density at radius 3 is 2.24 bits per heavy atom. The third-order valence-electron chi connectivity index (χ3n) is 7.77. The summed E-state index contributed by atoms with van der Waals surface area (Å²) in [6.45, 7) is 2.48. The Balaban J connectivity index is 1.77. The van der Waals surface area contributed by atoms with Crippen molar-refractivity contribution in [2.75, 3.05) is 10.8 Å². The summed E-state index contributed by atoms with van der Waals surface area (Å²) in [5.74, 6) is -1.19. The number of carbonyl (C=O) groups excluding carboxylic acids is 2. The molecular formula is C32H34Cl2F3N3O4S. The number of hydrogen-bond donors (Lipinski definition) is 1. The van der Waals surface area contributed by atoms with Crippen LogP contribution in [-0.4, -0.2) is 43.8 Å². The number of carbonyl (C=O) groups is 2. The average molecular weight is 685 g/mol. The second-order valence-electron chi connectivity index (χ2n) is 11.1. The molecule has 1 atom stereocenters. The van der Waals surface area contributed by atoms with Crippen molar-refractivity contribution in [2.45, 2.75) is 75.7 Å². The van der Waals surface area contributed by atoms with Crippen LogP contribution in [0.5, 0.6) is 0 Å². The van der Waals surface area contributed by atoms with E-state index < -0.39 is 46.2 Å². The van der Waals surface area contributed by atoms with E-state index in [4.69, 9.17) is 23.2 Å². The normalized spacial score (nSPS) is 14.6. The van der Waals surface area contributed by atoms with Gasteiger partial charge in [-0.3, -0.25) is 13.9 Å². The number of alkyl halides is 3. The SMILES string of the molecule is CCC(C(=O)NC1CCCC1)N(Cc1ccc(Cl)c(Cl)c1)C(=O)CN(c1cccc(C(F)(F)F)c1)S(=O)(=O)c1ccc(C)cc1. The zero-order valence-electron chi connectivity index (χ0n) is 24.8. The van der Waals surface area contributed by atoms with E-state index in [0.717, 1.165) is 43.4 Å². The third kappa shape index (κ3) is 8.51. The van der Waals surface area contributed by atoms with E-state index in [2.05, 4.69) is 5.32 Å². The Morgan fingerprint density at radius 1 is 0.978 bits per heavy atom. The third-order valence-corrected chi connectivity index (χ3v) is 10.3. The largest absolute Gasteiger partial charge is 0.416 e. The first kappa shape index (κ1) is 34.6. The van der Waals surface area contributed by atoms with Gasteiger partial charge in [-0.15, -0.1) is 0 Å². The molecule has 1 unspecified atom stereocenters. The van der Waals surface area contributed by atoms with Gasteiger partial charge in [-0.2, -0.15) is 13.2 Å². The van der Waals surface area contributed by atoms with E-state index in [9.17, 15) is 31.2 Å². The van der Waals surface area contributed by atoms with Gasteiger partial charge in [0.25, 0.3) is 10.0 Å². The van der Waals surface area contributed by atoms with Crippen LogP contribution in [0.3, 0.4) is 0 Å². The Kier molecular flexibility index (Phi) is 11.1. The number of hydrogen-bond acceptors (Lipinski definition) is 4. The van der Waals surface area contributed by atoms with Crippen LogP contribution in [0.2, 0.25) is 10.0 Å². The van der Waals surface area contributed by atoms with Crippen molar-refractivity contribution < 1.29 is 31.2 Å². The average Bonchev–Trinajstić information content (AvgIpc) is 3.50. The summed E-state index contributed by atoms with van der Waals surface area (Å²) in [5, 5.41) is 3.51. The van der Waals surface area contributed by atoms with Gasteiger partial charge >= 0.3 is 6.18 Å².